The topological polar surface area (TPSA) is 49.4 Å². The molecule has 1 aliphatic heterocycles. The number of hydrogen-bond acceptors (Lipinski definition) is 3. The van der Waals surface area contributed by atoms with Crippen molar-refractivity contribution in [1.82, 2.24) is 10.2 Å². The number of nitrogens with zero attached hydrogens (tertiary/aromatic N) is 1. The van der Waals surface area contributed by atoms with E-state index in [0.717, 1.165) is 0 Å². The van der Waals surface area contributed by atoms with E-state index in [4.69, 9.17) is 0 Å². The van der Waals surface area contributed by atoms with Gasteiger partial charge in [0, 0.05) is 24.9 Å². The third-order valence-electron chi connectivity index (χ3n) is 3.34. The van der Waals surface area contributed by atoms with Crippen molar-refractivity contribution in [3.05, 3.63) is 21.9 Å². The smallest absolute Gasteiger partial charge is 0.227 e. The summed E-state index contributed by atoms with van der Waals surface area (Å²) < 4.78 is 0. The molecule has 1 aromatic rings. The van der Waals surface area contributed by atoms with Gasteiger partial charge in [0.2, 0.25) is 11.8 Å². The van der Waals surface area contributed by atoms with Gasteiger partial charge in [0.25, 0.3) is 0 Å². The van der Waals surface area contributed by atoms with Crippen LogP contribution in [0, 0.1) is 12.8 Å². The average molecular weight is 266 g/mol. The minimum atomic E-state index is -0.0621. The van der Waals surface area contributed by atoms with Crippen molar-refractivity contribution >= 4 is 23.2 Å². The molecule has 0 radical (unpaired) electrons. The highest BCUT2D eigenvalue weighted by molar-refractivity contribution is 7.10. The summed E-state index contributed by atoms with van der Waals surface area (Å²) in [6.07, 6.45) is 1.13. The second-order valence-electron chi connectivity index (χ2n) is 4.76. The van der Waals surface area contributed by atoms with Crippen molar-refractivity contribution in [3.63, 3.8) is 0 Å². The van der Waals surface area contributed by atoms with Crippen molar-refractivity contribution in [2.75, 3.05) is 13.6 Å². The number of nitrogens with one attached hydrogen (secondary N) is 1. The highest BCUT2D eigenvalue weighted by Gasteiger charge is 2.27. The SMILES string of the molecule is Cc1ccsc1CN(C)C(=O)C1CCC(=O)NC1. The maximum absolute atomic E-state index is 12.2. The van der Waals surface area contributed by atoms with Gasteiger partial charge in [-0.1, -0.05) is 0 Å². The van der Waals surface area contributed by atoms with Crippen LogP contribution in [0.15, 0.2) is 11.4 Å². The molecule has 0 aliphatic carbocycles. The Labute approximate surface area is 111 Å². The Hall–Kier alpha value is -1.36. The molecule has 1 aromatic heterocycles. The Bertz CT molecular complexity index is 446. The van der Waals surface area contributed by atoms with Gasteiger partial charge in [0.05, 0.1) is 12.5 Å². The van der Waals surface area contributed by atoms with Gasteiger partial charge in [-0.05, 0) is 30.4 Å². The van der Waals surface area contributed by atoms with Crippen LogP contribution in [0.4, 0.5) is 0 Å². The predicted octanol–water partition coefficient (Wildman–Crippen LogP) is 1.54. The van der Waals surface area contributed by atoms with Gasteiger partial charge >= 0.3 is 0 Å². The van der Waals surface area contributed by atoms with Gasteiger partial charge in [-0.25, -0.2) is 0 Å². The molecule has 2 rings (SSSR count). The van der Waals surface area contributed by atoms with Gasteiger partial charge in [-0.2, -0.15) is 0 Å². The van der Waals surface area contributed by atoms with Crippen LogP contribution in [0.5, 0.6) is 0 Å². The molecule has 0 spiro atoms. The van der Waals surface area contributed by atoms with Crippen molar-refractivity contribution in [2.24, 2.45) is 5.92 Å². The van der Waals surface area contributed by atoms with Crippen LogP contribution < -0.4 is 5.32 Å². The number of hydrogen-bond donors (Lipinski definition) is 1. The molecule has 1 atom stereocenters. The first-order chi connectivity index (χ1) is 8.58. The number of rotatable bonds is 3. The molecule has 18 heavy (non-hydrogen) atoms. The lowest BCUT2D eigenvalue weighted by Gasteiger charge is -2.26. The molecule has 0 aromatic carbocycles. The molecule has 1 aliphatic rings. The van der Waals surface area contributed by atoms with Gasteiger partial charge in [-0.3, -0.25) is 9.59 Å². The molecule has 4 nitrogen and oxygen atoms in total. The number of carbonyl (C=O) groups excluding carboxylic acids is 2. The number of carbonyl (C=O) groups is 2. The fourth-order valence-corrected chi connectivity index (χ4v) is 3.07. The van der Waals surface area contributed by atoms with Crippen LogP contribution in [0.3, 0.4) is 0 Å². The van der Waals surface area contributed by atoms with E-state index in [2.05, 4.69) is 18.3 Å². The Morgan fingerprint density at radius 2 is 2.39 bits per heavy atom. The normalized spacial score (nSPS) is 19.4. The third-order valence-corrected chi connectivity index (χ3v) is 4.35. The molecule has 0 bridgehead atoms. The number of aryl methyl sites for hydroxylation is 1. The zero-order chi connectivity index (χ0) is 13.1. The second kappa shape index (κ2) is 5.52. The van der Waals surface area contributed by atoms with E-state index in [1.54, 1.807) is 16.2 Å². The highest BCUT2D eigenvalue weighted by atomic mass is 32.1. The Kier molecular flexibility index (Phi) is 4.01. The van der Waals surface area contributed by atoms with Gasteiger partial charge < -0.3 is 10.2 Å². The van der Waals surface area contributed by atoms with Crippen LogP contribution in [-0.2, 0) is 16.1 Å². The van der Waals surface area contributed by atoms with E-state index in [0.29, 0.717) is 25.9 Å². The third kappa shape index (κ3) is 2.90. The fourth-order valence-electron chi connectivity index (χ4n) is 2.11. The van der Waals surface area contributed by atoms with Crippen molar-refractivity contribution < 1.29 is 9.59 Å². The van der Waals surface area contributed by atoms with E-state index in [-0.39, 0.29) is 17.7 Å². The molecule has 2 heterocycles. The van der Waals surface area contributed by atoms with Gasteiger partial charge in [0.1, 0.15) is 0 Å². The fraction of sp³-hybridized carbons (Fsp3) is 0.538. The molecule has 1 saturated heterocycles. The van der Waals surface area contributed by atoms with Crippen LogP contribution >= 0.6 is 11.3 Å². The molecular weight excluding hydrogens is 248 g/mol. The number of thiophene rings is 1. The first-order valence-corrected chi connectivity index (χ1v) is 7.00. The van der Waals surface area contributed by atoms with Crippen LogP contribution in [-0.4, -0.2) is 30.3 Å². The van der Waals surface area contributed by atoms with Gasteiger partial charge in [-0.15, -0.1) is 11.3 Å². The summed E-state index contributed by atoms with van der Waals surface area (Å²) in [6, 6.07) is 2.07. The first-order valence-electron chi connectivity index (χ1n) is 6.12. The lowest BCUT2D eigenvalue weighted by molar-refractivity contribution is -0.136. The molecular formula is C13H18N2O2S. The highest BCUT2D eigenvalue weighted by Crippen LogP contribution is 2.19. The van der Waals surface area contributed by atoms with E-state index in [9.17, 15) is 9.59 Å². The van der Waals surface area contributed by atoms with E-state index in [1.165, 1.54) is 10.4 Å². The molecule has 0 saturated carbocycles. The predicted molar refractivity (Wildman–Crippen MR) is 71.3 cm³/mol. The summed E-state index contributed by atoms with van der Waals surface area (Å²) in [5.41, 5.74) is 1.23. The zero-order valence-corrected chi connectivity index (χ0v) is 11.5. The van der Waals surface area contributed by atoms with E-state index >= 15 is 0 Å². The molecule has 1 N–H and O–H groups in total. The molecule has 1 unspecified atom stereocenters. The summed E-state index contributed by atoms with van der Waals surface area (Å²) in [4.78, 5) is 26.3. The van der Waals surface area contributed by atoms with Crippen molar-refractivity contribution in [1.29, 1.82) is 0 Å². The first kappa shape index (κ1) is 13.1. The van der Waals surface area contributed by atoms with Crippen LogP contribution in [0.25, 0.3) is 0 Å². The molecule has 1 fully saturated rings. The van der Waals surface area contributed by atoms with E-state index < -0.39 is 0 Å². The monoisotopic (exact) mass is 266 g/mol. The molecule has 2 amide bonds. The number of piperidine rings is 1. The summed E-state index contributed by atoms with van der Waals surface area (Å²) >= 11 is 1.68. The molecule has 5 heteroatoms. The van der Waals surface area contributed by atoms with Crippen LogP contribution in [0.1, 0.15) is 23.3 Å². The largest absolute Gasteiger partial charge is 0.355 e. The van der Waals surface area contributed by atoms with Crippen LogP contribution in [0.2, 0.25) is 0 Å². The van der Waals surface area contributed by atoms with E-state index in [1.807, 2.05) is 12.4 Å². The molecule has 98 valence electrons. The lowest BCUT2D eigenvalue weighted by atomic mass is 9.98. The minimum Gasteiger partial charge on any atom is -0.355 e. The standard InChI is InChI=1S/C13H18N2O2S/c1-9-5-6-18-11(9)8-15(2)13(17)10-3-4-12(16)14-7-10/h5-6,10H,3-4,7-8H2,1-2H3,(H,14,16). The Morgan fingerprint density at radius 3 is 2.94 bits per heavy atom. The summed E-state index contributed by atoms with van der Waals surface area (Å²) in [7, 11) is 1.83. The zero-order valence-electron chi connectivity index (χ0n) is 10.7. The Morgan fingerprint density at radius 1 is 1.61 bits per heavy atom. The van der Waals surface area contributed by atoms with Gasteiger partial charge in [0.15, 0.2) is 0 Å². The maximum atomic E-state index is 12.2. The van der Waals surface area contributed by atoms with Crippen molar-refractivity contribution in [2.45, 2.75) is 26.3 Å². The average Bonchev–Trinajstić information content (AvgIpc) is 2.75. The minimum absolute atomic E-state index is 0.0517. The summed E-state index contributed by atoms with van der Waals surface area (Å²) in [5.74, 6) is 0.117. The lowest BCUT2D eigenvalue weighted by Crippen LogP contribution is -2.43. The second-order valence-corrected chi connectivity index (χ2v) is 5.76. The maximum Gasteiger partial charge on any atom is 0.227 e. The number of amides is 2. The quantitative estimate of drug-likeness (QED) is 0.902. The summed E-state index contributed by atoms with van der Waals surface area (Å²) in [5, 5.41) is 4.80. The van der Waals surface area contributed by atoms with Crippen molar-refractivity contribution in [3.8, 4) is 0 Å². The Balaban J connectivity index is 1.92. The summed E-state index contributed by atoms with van der Waals surface area (Å²) in [6.45, 7) is 3.20.